The van der Waals surface area contributed by atoms with Gasteiger partial charge in [-0.2, -0.15) is 0 Å². The molecule has 0 bridgehead atoms. The van der Waals surface area contributed by atoms with Gasteiger partial charge in [-0.1, -0.05) is 6.58 Å². The summed E-state index contributed by atoms with van der Waals surface area (Å²) in [5, 5.41) is 5.19. The Morgan fingerprint density at radius 2 is 1.80 bits per heavy atom. The second kappa shape index (κ2) is 3.94. The number of nitrogens with zero attached hydrogens (tertiary/aromatic N) is 1. The highest BCUT2D eigenvalue weighted by atomic mass is 16.7. The van der Waals surface area contributed by atoms with Crippen LogP contribution in [0.2, 0.25) is 0 Å². The van der Waals surface area contributed by atoms with E-state index in [0.717, 1.165) is 0 Å². The Hall–Kier alpha value is -0.870. The number of piperazine rings is 1. The Morgan fingerprint density at radius 1 is 1.33 bits per heavy atom. The molecule has 0 aromatic carbocycles. The maximum atomic E-state index is 11.1. The summed E-state index contributed by atoms with van der Waals surface area (Å²) in [4.78, 5) is 16.2. The smallest absolute Gasteiger partial charge is 0.349 e. The summed E-state index contributed by atoms with van der Waals surface area (Å²) < 4.78 is 0. The quantitative estimate of drug-likeness (QED) is 0.696. The fourth-order valence-corrected chi connectivity index (χ4v) is 2.16. The summed E-state index contributed by atoms with van der Waals surface area (Å²) in [6.07, 6.45) is 1.18. The van der Waals surface area contributed by atoms with Crippen molar-refractivity contribution in [1.82, 2.24) is 10.4 Å². The average Bonchev–Trinajstić information content (AvgIpc) is 1.97. The van der Waals surface area contributed by atoms with Gasteiger partial charge in [0.2, 0.25) is 0 Å². The van der Waals surface area contributed by atoms with Crippen molar-refractivity contribution in [3.05, 3.63) is 12.7 Å². The van der Waals surface area contributed by atoms with E-state index >= 15 is 0 Å². The molecule has 0 radical (unpaired) electrons. The first-order chi connectivity index (χ1) is 6.74. The molecule has 15 heavy (non-hydrogen) atoms. The van der Waals surface area contributed by atoms with E-state index in [1.807, 2.05) is 0 Å². The Kier molecular flexibility index (Phi) is 3.21. The molecule has 1 aliphatic rings. The number of hydroxylamine groups is 2. The van der Waals surface area contributed by atoms with Crippen molar-refractivity contribution in [2.75, 3.05) is 13.1 Å². The molecular weight excluding hydrogens is 192 g/mol. The van der Waals surface area contributed by atoms with Crippen molar-refractivity contribution < 1.29 is 9.63 Å². The van der Waals surface area contributed by atoms with E-state index in [9.17, 15) is 4.79 Å². The van der Waals surface area contributed by atoms with Crippen LogP contribution < -0.4 is 5.32 Å². The van der Waals surface area contributed by atoms with Gasteiger partial charge in [0, 0.05) is 17.2 Å². The highest BCUT2D eigenvalue weighted by molar-refractivity contribution is 5.80. The first-order valence-electron chi connectivity index (χ1n) is 5.13. The van der Waals surface area contributed by atoms with E-state index in [-0.39, 0.29) is 11.1 Å². The maximum Gasteiger partial charge on any atom is 0.349 e. The predicted octanol–water partition coefficient (Wildman–Crippen LogP) is 1.09. The molecule has 1 N–H and O–H groups in total. The van der Waals surface area contributed by atoms with Crippen LogP contribution in [-0.2, 0) is 9.63 Å². The van der Waals surface area contributed by atoms with Gasteiger partial charge in [-0.3, -0.25) is 0 Å². The van der Waals surface area contributed by atoms with Gasteiger partial charge < -0.3 is 10.2 Å². The number of nitrogens with one attached hydrogen (secondary N) is 1. The van der Waals surface area contributed by atoms with Gasteiger partial charge in [0.05, 0.1) is 13.1 Å². The lowest BCUT2D eigenvalue weighted by Crippen LogP contribution is -2.66. The Morgan fingerprint density at radius 3 is 2.20 bits per heavy atom. The number of hydrogen-bond donors (Lipinski definition) is 1. The highest BCUT2D eigenvalue weighted by Crippen LogP contribution is 2.20. The van der Waals surface area contributed by atoms with Crippen LogP contribution in [-0.4, -0.2) is 35.2 Å². The largest absolute Gasteiger partial charge is 0.364 e. The lowest BCUT2D eigenvalue weighted by atomic mass is 9.93. The highest BCUT2D eigenvalue weighted by Gasteiger charge is 2.37. The van der Waals surface area contributed by atoms with Crippen LogP contribution in [0.25, 0.3) is 0 Å². The summed E-state index contributed by atoms with van der Waals surface area (Å²) in [6.45, 7) is 13.1. The molecule has 4 heteroatoms. The van der Waals surface area contributed by atoms with E-state index in [1.54, 1.807) is 5.06 Å². The summed E-state index contributed by atoms with van der Waals surface area (Å²) >= 11 is 0. The number of carbonyl (C=O) groups excluding carboxylic acids is 1. The van der Waals surface area contributed by atoms with Crippen LogP contribution in [0, 0.1) is 0 Å². The maximum absolute atomic E-state index is 11.1. The number of hydrogen-bond acceptors (Lipinski definition) is 4. The van der Waals surface area contributed by atoms with Gasteiger partial charge in [0.25, 0.3) is 0 Å². The summed E-state index contributed by atoms with van der Waals surface area (Å²) in [5.41, 5.74) is -0.133. The zero-order valence-electron chi connectivity index (χ0n) is 9.96. The molecule has 0 saturated carbocycles. The van der Waals surface area contributed by atoms with Crippen LogP contribution in [0.4, 0.5) is 0 Å². The zero-order valence-corrected chi connectivity index (χ0v) is 9.96. The van der Waals surface area contributed by atoms with E-state index in [1.165, 1.54) is 6.08 Å². The molecule has 86 valence electrons. The Balaban J connectivity index is 2.67. The molecule has 1 aliphatic heterocycles. The first-order valence-corrected chi connectivity index (χ1v) is 5.13. The monoisotopic (exact) mass is 212 g/mol. The second-order valence-corrected chi connectivity index (χ2v) is 5.31. The second-order valence-electron chi connectivity index (χ2n) is 5.31. The predicted molar refractivity (Wildman–Crippen MR) is 59.2 cm³/mol. The van der Waals surface area contributed by atoms with E-state index in [0.29, 0.717) is 13.1 Å². The molecule has 0 atom stereocenters. The minimum Gasteiger partial charge on any atom is -0.364 e. The molecule has 0 aliphatic carbocycles. The fraction of sp³-hybridized carbons (Fsp3) is 0.727. The molecule has 1 heterocycles. The molecule has 1 fully saturated rings. The number of carbonyl (C=O) groups is 1. The molecule has 0 unspecified atom stereocenters. The van der Waals surface area contributed by atoms with Crippen LogP contribution >= 0.6 is 0 Å². The van der Waals surface area contributed by atoms with E-state index in [4.69, 9.17) is 4.84 Å². The van der Waals surface area contributed by atoms with Crippen LogP contribution in [0.1, 0.15) is 27.7 Å². The Labute approximate surface area is 91.2 Å². The van der Waals surface area contributed by atoms with Crippen molar-refractivity contribution in [2.45, 2.75) is 38.8 Å². The van der Waals surface area contributed by atoms with Crippen LogP contribution in [0.15, 0.2) is 12.7 Å². The van der Waals surface area contributed by atoms with Gasteiger partial charge in [0.15, 0.2) is 0 Å². The topological polar surface area (TPSA) is 41.6 Å². The third kappa shape index (κ3) is 3.64. The average molecular weight is 212 g/mol. The van der Waals surface area contributed by atoms with Gasteiger partial charge >= 0.3 is 5.97 Å². The van der Waals surface area contributed by atoms with Crippen molar-refractivity contribution in [2.24, 2.45) is 0 Å². The normalized spacial score (nSPS) is 24.5. The minimum atomic E-state index is -0.400. The third-order valence-corrected chi connectivity index (χ3v) is 2.21. The molecule has 0 spiro atoms. The van der Waals surface area contributed by atoms with E-state index < -0.39 is 5.97 Å². The lowest BCUT2D eigenvalue weighted by molar-refractivity contribution is -0.200. The summed E-state index contributed by atoms with van der Waals surface area (Å²) in [6, 6.07) is 0. The van der Waals surface area contributed by atoms with E-state index in [2.05, 4.69) is 39.6 Å². The molecule has 0 amide bonds. The third-order valence-electron chi connectivity index (χ3n) is 2.21. The van der Waals surface area contributed by atoms with Gasteiger partial charge in [-0.25, -0.2) is 4.79 Å². The molecule has 1 rings (SSSR count). The minimum absolute atomic E-state index is 0.0663. The van der Waals surface area contributed by atoms with Gasteiger partial charge in [-0.05, 0) is 27.7 Å². The van der Waals surface area contributed by atoms with Crippen LogP contribution in [0.3, 0.4) is 0 Å². The van der Waals surface area contributed by atoms with Crippen LogP contribution in [0.5, 0.6) is 0 Å². The molecule has 1 saturated heterocycles. The molecule has 0 aromatic heterocycles. The fourth-order valence-electron chi connectivity index (χ4n) is 2.16. The molecular formula is C11H20N2O2. The Bertz CT molecular complexity index is 256. The van der Waals surface area contributed by atoms with Crippen molar-refractivity contribution in [3.63, 3.8) is 0 Å². The summed E-state index contributed by atoms with van der Waals surface area (Å²) in [5.74, 6) is -0.400. The molecule has 4 nitrogen and oxygen atoms in total. The first kappa shape index (κ1) is 12.2. The van der Waals surface area contributed by atoms with Crippen molar-refractivity contribution in [1.29, 1.82) is 0 Å². The lowest BCUT2D eigenvalue weighted by Gasteiger charge is -2.46. The van der Waals surface area contributed by atoms with Gasteiger partial charge in [0.1, 0.15) is 0 Å². The van der Waals surface area contributed by atoms with Crippen molar-refractivity contribution >= 4 is 5.97 Å². The SMILES string of the molecule is C=CC(=O)ON1CC(C)(C)NC(C)(C)C1. The molecule has 0 aromatic rings. The zero-order chi connectivity index (χ0) is 11.7. The number of rotatable bonds is 2. The van der Waals surface area contributed by atoms with Gasteiger partial charge in [-0.15, -0.1) is 5.06 Å². The standard InChI is InChI=1S/C11H20N2O2/c1-6-9(14)15-13-7-10(2,3)12-11(4,5)8-13/h6,12H,1,7-8H2,2-5H3. The van der Waals surface area contributed by atoms with Crippen molar-refractivity contribution in [3.8, 4) is 0 Å². The summed E-state index contributed by atoms with van der Waals surface area (Å²) in [7, 11) is 0.